The predicted octanol–water partition coefficient (Wildman–Crippen LogP) is 8.18. The maximum Gasteiger partial charge on any atom is 0.164 e. The number of H-pyrrole nitrogens is 2. The van der Waals surface area contributed by atoms with Crippen LogP contribution in [0.5, 0.6) is 0 Å². The molecule has 12 heteroatoms. The smallest absolute Gasteiger partial charge is 0.164 e. The topological polar surface area (TPSA) is 129 Å². The van der Waals surface area contributed by atoms with E-state index in [1.807, 2.05) is 36.4 Å². The van der Waals surface area contributed by atoms with Crippen molar-refractivity contribution in [1.29, 1.82) is 0 Å². The highest BCUT2D eigenvalue weighted by atomic mass is 127. The Morgan fingerprint density at radius 1 is 0.444 bits per heavy atom. The summed E-state index contributed by atoms with van der Waals surface area (Å²) in [7, 11) is 0. The zero-order valence-corrected chi connectivity index (χ0v) is 29.4. The van der Waals surface area contributed by atoms with Crippen LogP contribution in [0, 0.1) is 10.7 Å². The molecule has 9 rings (SSSR count). The third-order valence-corrected chi connectivity index (χ3v) is 9.98. The number of aliphatic hydroxyl groups excluding tert-OH is 1. The summed E-state index contributed by atoms with van der Waals surface area (Å²) in [4.78, 5) is 37.2. The van der Waals surface area contributed by atoms with Crippen molar-refractivity contribution in [3.05, 3.63) is 89.1 Å². The number of nitrogens with zero attached hydrogens (tertiary/aromatic N) is 6. The molecular formula is C33H17I3N8O. The van der Waals surface area contributed by atoms with Crippen molar-refractivity contribution in [3.8, 4) is 45.6 Å². The highest BCUT2D eigenvalue weighted by molar-refractivity contribution is 14.1. The van der Waals surface area contributed by atoms with Crippen LogP contribution in [0.15, 0.2) is 72.8 Å². The molecule has 9 nitrogen and oxygen atoms in total. The second-order valence-corrected chi connectivity index (χ2v) is 14.5. The molecule has 4 aromatic carbocycles. The number of halogens is 3. The number of hydrogen-bond donors (Lipinski definition) is 3. The monoisotopic (exact) mass is 922 g/mol. The fraction of sp³-hybridized carbons (Fsp3) is 0.0303. The van der Waals surface area contributed by atoms with Crippen LogP contribution in [0.4, 0.5) is 0 Å². The summed E-state index contributed by atoms with van der Waals surface area (Å²) in [5.41, 5.74) is 6.89. The molecule has 8 bridgehead atoms. The zero-order chi connectivity index (χ0) is 30.4. The first kappa shape index (κ1) is 27.7. The Kier molecular flexibility index (Phi) is 6.44. The average Bonchev–Trinajstić information content (AvgIpc) is 3.75. The van der Waals surface area contributed by atoms with Crippen molar-refractivity contribution < 1.29 is 5.11 Å². The summed E-state index contributed by atoms with van der Waals surface area (Å²) in [6.07, 6.45) is 0. The third-order valence-electron chi connectivity index (χ3n) is 7.96. The lowest BCUT2D eigenvalue weighted by molar-refractivity contribution is 0.282. The predicted molar refractivity (Wildman–Crippen MR) is 200 cm³/mol. The van der Waals surface area contributed by atoms with Gasteiger partial charge in [0, 0.05) is 54.5 Å². The molecule has 0 aliphatic carbocycles. The van der Waals surface area contributed by atoms with Gasteiger partial charge in [-0.2, -0.15) is 0 Å². The van der Waals surface area contributed by atoms with E-state index in [0.29, 0.717) is 45.9 Å². The van der Waals surface area contributed by atoms with Crippen molar-refractivity contribution in [2.75, 3.05) is 0 Å². The number of aromatic nitrogens is 8. The van der Waals surface area contributed by atoms with Crippen LogP contribution in [0.1, 0.15) is 5.56 Å². The van der Waals surface area contributed by atoms with Gasteiger partial charge in [-0.25, -0.2) is 29.9 Å². The molecule has 0 saturated heterocycles. The van der Waals surface area contributed by atoms with Crippen molar-refractivity contribution in [2.24, 2.45) is 0 Å². The van der Waals surface area contributed by atoms with Gasteiger partial charge in [-0.3, -0.25) is 0 Å². The molecule has 7 aromatic rings. The molecule has 5 heterocycles. The van der Waals surface area contributed by atoms with E-state index in [-0.39, 0.29) is 6.61 Å². The lowest BCUT2D eigenvalue weighted by Crippen LogP contribution is -1.84. The van der Waals surface area contributed by atoms with Gasteiger partial charge in [0.1, 0.15) is 22.6 Å². The second-order valence-electron chi connectivity index (χ2n) is 10.7. The minimum absolute atomic E-state index is 0.0879. The Balaban J connectivity index is 1.50. The normalized spacial score (nSPS) is 12.1. The zero-order valence-electron chi connectivity index (χ0n) is 22.9. The summed E-state index contributed by atoms with van der Waals surface area (Å²) in [5, 5.41) is 13.5. The number of aromatic amines is 2. The van der Waals surface area contributed by atoms with Gasteiger partial charge >= 0.3 is 0 Å². The molecule has 0 amide bonds. The Morgan fingerprint density at radius 2 is 0.867 bits per heavy atom. The van der Waals surface area contributed by atoms with Crippen LogP contribution in [-0.2, 0) is 6.61 Å². The molecule has 3 N–H and O–H groups in total. The summed E-state index contributed by atoms with van der Waals surface area (Å²) in [5.74, 6) is 2.23. The van der Waals surface area contributed by atoms with Gasteiger partial charge < -0.3 is 15.1 Å². The molecule has 45 heavy (non-hydrogen) atoms. The molecule has 0 saturated carbocycles. The van der Waals surface area contributed by atoms with Gasteiger partial charge in [0.15, 0.2) is 23.3 Å². The molecule has 0 spiro atoms. The number of aliphatic hydroxyl groups is 1. The van der Waals surface area contributed by atoms with Crippen molar-refractivity contribution in [1.82, 2.24) is 39.9 Å². The Labute approximate surface area is 295 Å². The summed E-state index contributed by atoms with van der Waals surface area (Å²) < 4.78 is 3.23. The minimum atomic E-state index is -0.0879. The van der Waals surface area contributed by atoms with E-state index in [0.717, 1.165) is 60.1 Å². The molecular weight excluding hydrogens is 905 g/mol. The van der Waals surface area contributed by atoms with Gasteiger partial charge in [0.25, 0.3) is 0 Å². The van der Waals surface area contributed by atoms with Crippen LogP contribution in [0.3, 0.4) is 0 Å². The first-order valence-corrected chi connectivity index (χ1v) is 17.1. The van der Waals surface area contributed by atoms with Crippen molar-refractivity contribution in [3.63, 3.8) is 0 Å². The lowest BCUT2D eigenvalue weighted by atomic mass is 10.1. The van der Waals surface area contributed by atoms with Gasteiger partial charge in [0.2, 0.25) is 0 Å². The van der Waals surface area contributed by atoms with Crippen LogP contribution >= 0.6 is 67.8 Å². The van der Waals surface area contributed by atoms with E-state index < -0.39 is 0 Å². The number of fused-ring (bicyclic) bond motifs is 20. The first-order valence-electron chi connectivity index (χ1n) is 13.9. The lowest BCUT2D eigenvalue weighted by Gasteiger charge is -1.99. The molecule has 0 unspecified atom stereocenters. The first-order chi connectivity index (χ1) is 21.9. The van der Waals surface area contributed by atoms with E-state index >= 15 is 0 Å². The SMILES string of the molecule is OCc1ccc2c3nc4nc(nc5[nH]c(nc6nc(nc([nH]3)c2c1)-c1ccc(I)cc1-6)c1ccc(I)cc51)-c1ccc(I)cc1-4. The summed E-state index contributed by atoms with van der Waals surface area (Å²) in [6, 6.07) is 24.3. The number of rotatable bonds is 1. The molecule has 2 aliphatic heterocycles. The number of hydrogen-bond acceptors (Lipinski definition) is 7. The van der Waals surface area contributed by atoms with Gasteiger partial charge in [0.05, 0.1) is 6.61 Å². The Hall–Kier alpha value is -3.61. The van der Waals surface area contributed by atoms with Crippen LogP contribution in [0.2, 0.25) is 0 Å². The molecule has 0 atom stereocenters. The van der Waals surface area contributed by atoms with E-state index in [1.165, 1.54) is 0 Å². The largest absolute Gasteiger partial charge is 0.392 e. The maximum absolute atomic E-state index is 9.94. The van der Waals surface area contributed by atoms with Gasteiger partial charge in [-0.1, -0.05) is 12.1 Å². The molecule has 3 aromatic heterocycles. The summed E-state index contributed by atoms with van der Waals surface area (Å²) >= 11 is 6.93. The van der Waals surface area contributed by atoms with Crippen LogP contribution in [0.25, 0.3) is 89.7 Å². The quantitative estimate of drug-likeness (QED) is 0.142. The average molecular weight is 922 g/mol. The Bertz CT molecular complexity index is 2590. The highest BCUT2D eigenvalue weighted by Gasteiger charge is 2.23. The maximum atomic E-state index is 9.94. The highest BCUT2D eigenvalue weighted by Crippen LogP contribution is 2.38. The fourth-order valence-corrected chi connectivity index (χ4v) is 7.33. The molecule has 0 radical (unpaired) electrons. The van der Waals surface area contributed by atoms with E-state index in [4.69, 9.17) is 29.9 Å². The molecule has 216 valence electrons. The second kappa shape index (κ2) is 10.5. The number of benzene rings is 4. The van der Waals surface area contributed by atoms with Crippen molar-refractivity contribution in [2.45, 2.75) is 6.61 Å². The fourth-order valence-electron chi connectivity index (χ4n) is 5.86. The number of nitrogens with one attached hydrogen (secondary N) is 2. The van der Waals surface area contributed by atoms with Gasteiger partial charge in [-0.15, -0.1) is 0 Å². The molecule has 2 aliphatic rings. The van der Waals surface area contributed by atoms with Gasteiger partial charge in [-0.05, 0) is 134 Å². The Morgan fingerprint density at radius 3 is 1.40 bits per heavy atom. The van der Waals surface area contributed by atoms with Crippen LogP contribution in [-0.4, -0.2) is 45.0 Å². The minimum Gasteiger partial charge on any atom is -0.392 e. The third kappa shape index (κ3) is 4.55. The van der Waals surface area contributed by atoms with E-state index in [2.05, 4.69) is 114 Å². The summed E-state index contributed by atoms with van der Waals surface area (Å²) in [6.45, 7) is -0.0879. The molecule has 0 fully saturated rings. The standard InChI is InChI=1S/C33H17I3N8O/c34-15-2-6-19-23(10-15)32-40-27(19)38-30-22-9-14(13-45)1-5-18(22)26(37-30)39-31-24-11-16(35)3-7-20(24)28(41-31)43-33-25-12-17(36)4-8-21(25)29(42-32)44-33/h1-12,45H,13H2,(H2,37,38,39,40,41,42,43,44). The van der Waals surface area contributed by atoms with E-state index in [1.54, 1.807) is 0 Å². The van der Waals surface area contributed by atoms with E-state index in [9.17, 15) is 5.11 Å². The van der Waals surface area contributed by atoms with Crippen LogP contribution < -0.4 is 0 Å². The van der Waals surface area contributed by atoms with Crippen molar-refractivity contribution >= 4 is 112 Å².